The first-order valence-electron chi connectivity index (χ1n) is 8.08. The molecule has 0 spiro atoms. The largest absolute Gasteiger partial charge is 0.507 e. The number of aromatic amines is 1. The lowest BCUT2D eigenvalue weighted by Gasteiger charge is -2.21. The van der Waals surface area contributed by atoms with Crippen molar-refractivity contribution in [3.63, 3.8) is 0 Å². The smallest absolute Gasteiger partial charge is 0.216 e. The Labute approximate surface area is 147 Å². The summed E-state index contributed by atoms with van der Waals surface area (Å²) in [7, 11) is 0. The maximum absolute atomic E-state index is 10.3. The number of hydrogen-bond acceptors (Lipinski definition) is 5. The van der Waals surface area contributed by atoms with Crippen LogP contribution in [0.1, 0.15) is 46.0 Å². The summed E-state index contributed by atoms with van der Waals surface area (Å²) >= 11 is 5.24. The van der Waals surface area contributed by atoms with Gasteiger partial charge < -0.3 is 10.0 Å². The van der Waals surface area contributed by atoms with E-state index in [1.165, 1.54) is 0 Å². The molecule has 6 nitrogen and oxygen atoms in total. The molecule has 2 rings (SSSR count). The summed E-state index contributed by atoms with van der Waals surface area (Å²) in [6.45, 7) is 12.1. The Morgan fingerprint density at radius 3 is 2.54 bits per heavy atom. The summed E-state index contributed by atoms with van der Waals surface area (Å²) in [5.74, 6) is 0.929. The van der Waals surface area contributed by atoms with Crippen molar-refractivity contribution in [3.8, 4) is 5.75 Å². The van der Waals surface area contributed by atoms with Crippen LogP contribution in [0, 0.1) is 4.77 Å². The number of phenols is 1. The standard InChI is InChI=1S/C17H25N5OS/c1-6-21(7-2)13-9-8-12(14(23)10-13)11-18-22-15(17(3,4)5)19-20-16(22)24/h8-11,23H,6-7H2,1-5H3,(H,20,24)/b18-11+. The van der Waals surface area contributed by atoms with Gasteiger partial charge in [-0.15, -0.1) is 0 Å². The molecular formula is C17H25N5OS. The lowest BCUT2D eigenvalue weighted by atomic mass is 9.96. The van der Waals surface area contributed by atoms with Gasteiger partial charge in [-0.1, -0.05) is 20.8 Å². The maximum Gasteiger partial charge on any atom is 0.216 e. The van der Waals surface area contributed by atoms with Gasteiger partial charge in [-0.05, 0) is 38.2 Å². The number of phenolic OH excluding ortho intramolecular Hbond substituents is 1. The van der Waals surface area contributed by atoms with E-state index >= 15 is 0 Å². The van der Waals surface area contributed by atoms with Crippen molar-refractivity contribution in [1.82, 2.24) is 14.9 Å². The van der Waals surface area contributed by atoms with Crippen LogP contribution < -0.4 is 4.90 Å². The highest BCUT2D eigenvalue weighted by atomic mass is 32.1. The van der Waals surface area contributed by atoms with E-state index in [1.807, 2.05) is 32.9 Å². The van der Waals surface area contributed by atoms with Gasteiger partial charge in [-0.3, -0.25) is 5.10 Å². The zero-order valence-electron chi connectivity index (χ0n) is 14.9. The fourth-order valence-corrected chi connectivity index (χ4v) is 2.61. The average molecular weight is 347 g/mol. The highest BCUT2D eigenvalue weighted by molar-refractivity contribution is 7.71. The number of aromatic nitrogens is 3. The molecule has 0 amide bonds. The Morgan fingerprint density at radius 2 is 2.00 bits per heavy atom. The van der Waals surface area contributed by atoms with Gasteiger partial charge in [0, 0.05) is 35.8 Å². The fraction of sp³-hybridized carbons (Fsp3) is 0.471. The SMILES string of the molecule is CCN(CC)c1ccc(/C=N/n2c(C(C)(C)C)n[nH]c2=S)c(O)c1. The van der Waals surface area contributed by atoms with Crippen molar-refractivity contribution in [1.29, 1.82) is 0 Å². The second-order valence-corrected chi connectivity index (χ2v) is 6.96. The van der Waals surface area contributed by atoms with Gasteiger partial charge in [0.15, 0.2) is 5.82 Å². The number of aromatic hydroxyl groups is 1. The fourth-order valence-electron chi connectivity index (χ4n) is 2.43. The Hall–Kier alpha value is -2.15. The molecule has 0 aliphatic heterocycles. The van der Waals surface area contributed by atoms with Crippen LogP contribution in [0.5, 0.6) is 5.75 Å². The van der Waals surface area contributed by atoms with Gasteiger partial charge in [0.2, 0.25) is 4.77 Å². The van der Waals surface area contributed by atoms with E-state index in [4.69, 9.17) is 12.2 Å². The first-order chi connectivity index (χ1) is 11.3. The molecule has 0 aliphatic carbocycles. The highest BCUT2D eigenvalue weighted by Gasteiger charge is 2.21. The molecule has 1 heterocycles. The normalized spacial score (nSPS) is 12.0. The minimum Gasteiger partial charge on any atom is -0.507 e. The summed E-state index contributed by atoms with van der Waals surface area (Å²) in [5.41, 5.74) is 1.43. The molecule has 0 unspecified atom stereocenters. The lowest BCUT2D eigenvalue weighted by Crippen LogP contribution is -2.21. The Bertz CT molecular complexity index is 781. The van der Waals surface area contributed by atoms with E-state index in [0.29, 0.717) is 10.3 Å². The molecule has 0 fully saturated rings. The second kappa shape index (κ2) is 7.17. The molecule has 2 N–H and O–H groups in total. The van der Waals surface area contributed by atoms with Crippen molar-refractivity contribution in [3.05, 3.63) is 34.4 Å². The third-order valence-corrected chi connectivity index (χ3v) is 4.04. The minimum absolute atomic E-state index is 0.190. The number of H-pyrrole nitrogens is 1. The molecule has 0 saturated heterocycles. The molecule has 1 aromatic carbocycles. The second-order valence-electron chi connectivity index (χ2n) is 6.57. The summed E-state index contributed by atoms with van der Waals surface area (Å²) in [5, 5.41) is 21.7. The average Bonchev–Trinajstić information content (AvgIpc) is 2.89. The number of hydrogen-bond donors (Lipinski definition) is 2. The molecule has 0 aliphatic rings. The molecule has 2 aromatic rings. The maximum atomic E-state index is 10.3. The molecule has 0 bridgehead atoms. The van der Waals surface area contributed by atoms with E-state index in [9.17, 15) is 5.11 Å². The summed E-state index contributed by atoms with van der Waals surface area (Å²) in [4.78, 5) is 2.17. The predicted octanol–water partition coefficient (Wildman–Crippen LogP) is 3.67. The first kappa shape index (κ1) is 18.2. The molecular weight excluding hydrogens is 322 g/mol. The van der Waals surface area contributed by atoms with Crippen molar-refractivity contribution in [2.24, 2.45) is 5.10 Å². The van der Waals surface area contributed by atoms with Crippen molar-refractivity contribution in [2.75, 3.05) is 18.0 Å². The molecule has 24 heavy (non-hydrogen) atoms. The Balaban J connectivity index is 2.34. The molecule has 0 saturated carbocycles. The monoisotopic (exact) mass is 347 g/mol. The Kier molecular flexibility index (Phi) is 5.43. The van der Waals surface area contributed by atoms with Crippen LogP contribution in [0.15, 0.2) is 23.3 Å². The van der Waals surface area contributed by atoms with Crippen LogP contribution in [0.3, 0.4) is 0 Å². The van der Waals surface area contributed by atoms with E-state index < -0.39 is 0 Å². The van der Waals surface area contributed by atoms with Crippen molar-refractivity contribution >= 4 is 24.1 Å². The number of nitrogens with zero attached hydrogens (tertiary/aromatic N) is 4. The van der Waals surface area contributed by atoms with E-state index in [-0.39, 0.29) is 11.2 Å². The van der Waals surface area contributed by atoms with Gasteiger partial charge in [0.25, 0.3) is 0 Å². The van der Waals surface area contributed by atoms with Gasteiger partial charge in [0.05, 0.1) is 6.21 Å². The zero-order valence-corrected chi connectivity index (χ0v) is 15.7. The van der Waals surface area contributed by atoms with Crippen LogP contribution in [-0.2, 0) is 5.41 Å². The number of benzene rings is 1. The number of rotatable bonds is 5. The zero-order chi connectivity index (χ0) is 17.9. The van der Waals surface area contributed by atoms with Crippen LogP contribution in [0.25, 0.3) is 0 Å². The first-order valence-corrected chi connectivity index (χ1v) is 8.49. The summed E-state index contributed by atoms with van der Waals surface area (Å²) in [6, 6.07) is 5.59. The summed E-state index contributed by atoms with van der Waals surface area (Å²) < 4.78 is 2.02. The van der Waals surface area contributed by atoms with Gasteiger partial charge >= 0.3 is 0 Å². The van der Waals surface area contributed by atoms with Crippen LogP contribution in [0.4, 0.5) is 5.69 Å². The summed E-state index contributed by atoms with van der Waals surface area (Å²) in [6.07, 6.45) is 1.60. The molecule has 130 valence electrons. The number of anilines is 1. The highest BCUT2D eigenvalue weighted by Crippen LogP contribution is 2.24. The topological polar surface area (TPSA) is 69.4 Å². The van der Waals surface area contributed by atoms with Crippen LogP contribution in [-0.4, -0.2) is 39.3 Å². The molecule has 1 aromatic heterocycles. The van der Waals surface area contributed by atoms with E-state index in [2.05, 4.69) is 34.0 Å². The lowest BCUT2D eigenvalue weighted by molar-refractivity contribution is 0.474. The van der Waals surface area contributed by atoms with E-state index in [1.54, 1.807) is 17.0 Å². The van der Waals surface area contributed by atoms with Crippen LogP contribution >= 0.6 is 12.2 Å². The third-order valence-electron chi connectivity index (χ3n) is 3.78. The van der Waals surface area contributed by atoms with Gasteiger partial charge in [-0.2, -0.15) is 14.9 Å². The van der Waals surface area contributed by atoms with E-state index in [0.717, 1.165) is 24.6 Å². The third kappa shape index (κ3) is 3.84. The van der Waals surface area contributed by atoms with Crippen LogP contribution in [0.2, 0.25) is 0 Å². The quantitative estimate of drug-likeness (QED) is 0.639. The van der Waals surface area contributed by atoms with Gasteiger partial charge in [-0.25, -0.2) is 0 Å². The van der Waals surface area contributed by atoms with Gasteiger partial charge in [0.1, 0.15) is 5.75 Å². The predicted molar refractivity (Wildman–Crippen MR) is 101 cm³/mol. The van der Waals surface area contributed by atoms with Crippen molar-refractivity contribution < 1.29 is 5.11 Å². The van der Waals surface area contributed by atoms with Crippen molar-refractivity contribution in [2.45, 2.75) is 40.0 Å². The molecule has 0 radical (unpaired) electrons. The Morgan fingerprint density at radius 1 is 1.33 bits per heavy atom. The number of nitrogens with one attached hydrogen (secondary N) is 1. The minimum atomic E-state index is -0.195. The molecule has 7 heteroatoms. The molecule has 0 atom stereocenters.